The summed E-state index contributed by atoms with van der Waals surface area (Å²) in [6.45, 7) is 1.45. The van der Waals surface area contributed by atoms with Crippen LogP contribution in [0.15, 0.2) is 24.3 Å². The van der Waals surface area contributed by atoms with Crippen molar-refractivity contribution in [1.29, 1.82) is 0 Å². The number of hydrogen-bond donors (Lipinski definition) is 0. The average Bonchev–Trinajstić information content (AvgIpc) is 2.24. The van der Waals surface area contributed by atoms with Crippen molar-refractivity contribution in [3.63, 3.8) is 0 Å². The van der Waals surface area contributed by atoms with Gasteiger partial charge in [0.25, 0.3) is 0 Å². The Bertz CT molecular complexity index is 486. The highest BCUT2D eigenvalue weighted by atomic mass is 35.5. The van der Waals surface area contributed by atoms with E-state index >= 15 is 0 Å². The van der Waals surface area contributed by atoms with Gasteiger partial charge in [-0.3, -0.25) is 4.79 Å². The average molecular weight is 311 g/mol. The van der Waals surface area contributed by atoms with E-state index in [2.05, 4.69) is 4.74 Å². The van der Waals surface area contributed by atoms with Crippen LogP contribution in [-0.2, 0) is 4.79 Å². The van der Waals surface area contributed by atoms with Crippen molar-refractivity contribution in [2.45, 2.75) is 13.3 Å². The predicted molar refractivity (Wildman–Crippen MR) is 70.3 cm³/mol. The Labute approximate surface area is 117 Å². The van der Waals surface area contributed by atoms with E-state index < -0.39 is 6.36 Å². The third-order valence-electron chi connectivity index (χ3n) is 1.89. The Morgan fingerprint density at radius 1 is 1.47 bits per heavy atom. The third kappa shape index (κ3) is 6.54. The van der Waals surface area contributed by atoms with E-state index in [1.165, 1.54) is 19.1 Å². The molecule has 0 saturated carbocycles. The fraction of sp³-hybridized carbons (Fsp3) is 0.250. The molecule has 0 fully saturated rings. The number of carbonyl (C=O) groups excluding carboxylic acids is 1. The van der Waals surface area contributed by atoms with Gasteiger partial charge < -0.3 is 4.74 Å². The molecule has 7 heteroatoms. The highest BCUT2D eigenvalue weighted by molar-refractivity contribution is 8.13. The number of halogens is 4. The molecule has 0 aromatic heterocycles. The minimum absolute atomic E-state index is 0.00956. The number of ether oxygens (including phenoxy) is 1. The molecule has 0 atom stereocenters. The summed E-state index contributed by atoms with van der Waals surface area (Å²) in [5, 5.41) is 0.135. The van der Waals surface area contributed by atoms with Crippen LogP contribution in [0.1, 0.15) is 12.5 Å². The lowest BCUT2D eigenvalue weighted by Crippen LogP contribution is -2.17. The second-order valence-electron chi connectivity index (χ2n) is 3.44. The van der Waals surface area contributed by atoms with E-state index in [1.54, 1.807) is 12.2 Å². The molecule has 2 nitrogen and oxygen atoms in total. The first-order chi connectivity index (χ1) is 8.78. The monoisotopic (exact) mass is 310 g/mol. The van der Waals surface area contributed by atoms with Crippen molar-refractivity contribution < 1.29 is 22.7 Å². The van der Waals surface area contributed by atoms with Crippen LogP contribution in [0.5, 0.6) is 5.75 Å². The molecule has 0 amide bonds. The first-order valence-electron chi connectivity index (χ1n) is 5.13. The molecule has 0 spiro atoms. The second kappa shape index (κ2) is 6.86. The molecule has 0 heterocycles. The van der Waals surface area contributed by atoms with Crippen LogP contribution in [0.3, 0.4) is 0 Å². The van der Waals surface area contributed by atoms with Crippen molar-refractivity contribution in [1.82, 2.24) is 0 Å². The van der Waals surface area contributed by atoms with Gasteiger partial charge in [0.15, 0.2) is 5.12 Å². The van der Waals surface area contributed by atoms with Crippen LogP contribution in [-0.4, -0.2) is 17.2 Å². The van der Waals surface area contributed by atoms with Gasteiger partial charge in [0, 0.05) is 12.7 Å². The summed E-state index contributed by atoms with van der Waals surface area (Å²) < 4.78 is 39.7. The SMILES string of the molecule is CC(=O)SCC=Cc1ccc(OC(F)(F)F)cc1Cl. The smallest absolute Gasteiger partial charge is 0.406 e. The number of rotatable bonds is 4. The molecule has 0 aliphatic heterocycles. The van der Waals surface area contributed by atoms with Gasteiger partial charge in [-0.2, -0.15) is 0 Å². The van der Waals surface area contributed by atoms with Crippen LogP contribution in [0.25, 0.3) is 6.08 Å². The first kappa shape index (κ1) is 15.9. The lowest BCUT2D eigenvalue weighted by atomic mass is 10.2. The van der Waals surface area contributed by atoms with E-state index in [-0.39, 0.29) is 15.9 Å². The molecule has 0 aliphatic carbocycles. The van der Waals surface area contributed by atoms with Gasteiger partial charge in [0.2, 0.25) is 0 Å². The third-order valence-corrected chi connectivity index (χ3v) is 2.98. The van der Waals surface area contributed by atoms with Crippen LogP contribution in [0, 0.1) is 0 Å². The molecule has 0 unspecified atom stereocenters. The lowest BCUT2D eigenvalue weighted by molar-refractivity contribution is -0.274. The molecule has 0 N–H and O–H groups in total. The molecule has 19 heavy (non-hydrogen) atoms. The van der Waals surface area contributed by atoms with E-state index in [1.807, 2.05) is 0 Å². The summed E-state index contributed by atoms with van der Waals surface area (Å²) in [4.78, 5) is 10.7. The topological polar surface area (TPSA) is 26.3 Å². The maximum atomic E-state index is 12.0. The quantitative estimate of drug-likeness (QED) is 0.817. The molecule has 1 aromatic rings. The Morgan fingerprint density at radius 2 is 2.16 bits per heavy atom. The van der Waals surface area contributed by atoms with Gasteiger partial charge in [-0.05, 0) is 23.8 Å². The van der Waals surface area contributed by atoms with Crippen molar-refractivity contribution in [3.8, 4) is 5.75 Å². The lowest BCUT2D eigenvalue weighted by Gasteiger charge is -2.09. The highest BCUT2D eigenvalue weighted by Crippen LogP contribution is 2.28. The summed E-state index contributed by atoms with van der Waals surface area (Å²) in [7, 11) is 0. The largest absolute Gasteiger partial charge is 0.573 e. The van der Waals surface area contributed by atoms with Crippen LogP contribution in [0.4, 0.5) is 13.2 Å². The van der Waals surface area contributed by atoms with Gasteiger partial charge in [-0.15, -0.1) is 13.2 Å². The van der Waals surface area contributed by atoms with E-state index in [0.29, 0.717) is 11.3 Å². The van der Waals surface area contributed by atoms with Crippen LogP contribution >= 0.6 is 23.4 Å². The maximum absolute atomic E-state index is 12.0. The molecular weight excluding hydrogens is 301 g/mol. The Morgan fingerprint density at radius 3 is 2.68 bits per heavy atom. The van der Waals surface area contributed by atoms with Gasteiger partial charge in [-0.1, -0.05) is 35.5 Å². The van der Waals surface area contributed by atoms with Gasteiger partial charge in [0.1, 0.15) is 5.75 Å². The number of thioether (sulfide) groups is 1. The van der Waals surface area contributed by atoms with Gasteiger partial charge >= 0.3 is 6.36 Å². The highest BCUT2D eigenvalue weighted by Gasteiger charge is 2.31. The normalized spacial score (nSPS) is 11.8. The summed E-state index contributed by atoms with van der Waals surface area (Å²) in [5.74, 6) is 0.111. The zero-order chi connectivity index (χ0) is 14.5. The fourth-order valence-corrected chi connectivity index (χ4v) is 1.84. The Hall–Kier alpha value is -1.14. The minimum atomic E-state index is -4.74. The molecule has 1 rings (SSSR count). The number of alkyl halides is 3. The van der Waals surface area contributed by atoms with Crippen molar-refractivity contribution in [2.24, 2.45) is 0 Å². The van der Waals surface area contributed by atoms with Crippen LogP contribution < -0.4 is 4.74 Å². The molecule has 0 bridgehead atoms. The van der Waals surface area contributed by atoms with Crippen molar-refractivity contribution in [2.75, 3.05) is 5.75 Å². The molecular formula is C12H10ClF3O2S. The molecule has 0 aliphatic rings. The zero-order valence-corrected chi connectivity index (χ0v) is 11.4. The molecule has 0 saturated heterocycles. The summed E-state index contributed by atoms with van der Waals surface area (Å²) >= 11 is 6.95. The standard InChI is InChI=1S/C12H10ClF3O2S/c1-8(17)19-6-2-3-9-4-5-10(7-11(9)13)18-12(14,15)16/h2-5,7H,6H2,1H3. The summed E-state index contributed by atoms with van der Waals surface area (Å²) in [5.41, 5.74) is 0.556. The predicted octanol–water partition coefficient (Wildman–Crippen LogP) is 4.53. The zero-order valence-electron chi connectivity index (χ0n) is 9.83. The van der Waals surface area contributed by atoms with E-state index in [0.717, 1.165) is 17.8 Å². The Kier molecular flexibility index (Phi) is 5.75. The summed E-state index contributed by atoms with van der Waals surface area (Å²) in [6.07, 6.45) is -1.40. The molecule has 0 radical (unpaired) electrons. The molecule has 104 valence electrons. The van der Waals surface area contributed by atoms with E-state index in [4.69, 9.17) is 11.6 Å². The number of hydrogen-bond acceptors (Lipinski definition) is 3. The number of carbonyl (C=O) groups is 1. The van der Waals surface area contributed by atoms with Crippen molar-refractivity contribution >= 4 is 34.6 Å². The minimum Gasteiger partial charge on any atom is -0.406 e. The van der Waals surface area contributed by atoms with Gasteiger partial charge in [-0.25, -0.2) is 0 Å². The summed E-state index contributed by atoms with van der Waals surface area (Å²) in [6, 6.07) is 3.68. The van der Waals surface area contributed by atoms with Crippen molar-refractivity contribution in [3.05, 3.63) is 34.9 Å². The van der Waals surface area contributed by atoms with Crippen LogP contribution in [0.2, 0.25) is 5.02 Å². The first-order valence-corrected chi connectivity index (χ1v) is 6.49. The second-order valence-corrected chi connectivity index (χ2v) is 5.04. The molecule has 1 aromatic carbocycles. The van der Waals surface area contributed by atoms with E-state index in [9.17, 15) is 18.0 Å². The fourth-order valence-electron chi connectivity index (χ4n) is 1.18. The van der Waals surface area contributed by atoms with Gasteiger partial charge in [0.05, 0.1) is 5.02 Å². The Balaban J connectivity index is 2.69. The number of benzene rings is 1. The maximum Gasteiger partial charge on any atom is 0.573 e.